The zero-order valence-electron chi connectivity index (χ0n) is 14.9. The van der Waals surface area contributed by atoms with Gasteiger partial charge in [-0.25, -0.2) is 14.2 Å². The number of hydrogen-bond donors (Lipinski definition) is 0. The lowest BCUT2D eigenvalue weighted by Gasteiger charge is -2.08. The molecule has 1 atom stereocenters. The highest BCUT2D eigenvalue weighted by Gasteiger charge is 2.23. The Morgan fingerprint density at radius 1 is 1.21 bits per heavy atom. The predicted octanol–water partition coefficient (Wildman–Crippen LogP) is 5.29. The van der Waals surface area contributed by atoms with Crippen LogP contribution in [0.2, 0.25) is 0 Å². The van der Waals surface area contributed by atoms with E-state index in [2.05, 4.69) is 15.2 Å². The molecule has 0 saturated carbocycles. The molecule has 9 heteroatoms. The van der Waals surface area contributed by atoms with Crippen molar-refractivity contribution < 1.29 is 18.3 Å². The summed E-state index contributed by atoms with van der Waals surface area (Å²) in [5.41, 5.74) is 1.28. The maximum Gasteiger partial charge on any atom is 0.351 e. The molecule has 3 aromatic heterocycles. The third-order valence-corrected chi connectivity index (χ3v) is 5.92. The van der Waals surface area contributed by atoms with Crippen LogP contribution in [0.5, 0.6) is 0 Å². The van der Waals surface area contributed by atoms with Crippen molar-refractivity contribution in [3.05, 3.63) is 64.1 Å². The molecule has 1 unspecified atom stereocenters. The smallest absolute Gasteiger partial charge is 0.351 e. The van der Waals surface area contributed by atoms with Crippen LogP contribution in [0.15, 0.2) is 46.2 Å². The van der Waals surface area contributed by atoms with Crippen molar-refractivity contribution in [2.45, 2.75) is 20.0 Å². The van der Waals surface area contributed by atoms with E-state index in [-0.39, 0.29) is 11.7 Å². The molecule has 0 aliphatic carbocycles. The number of aromatic nitrogens is 3. The monoisotopic (exact) mass is 415 g/mol. The number of rotatable bonds is 5. The maximum absolute atomic E-state index is 13.1. The van der Waals surface area contributed by atoms with Gasteiger partial charge < -0.3 is 9.15 Å². The lowest BCUT2D eigenvalue weighted by molar-refractivity contribution is 0.0284. The van der Waals surface area contributed by atoms with E-state index < -0.39 is 12.1 Å². The minimum Gasteiger partial charge on any atom is -0.448 e. The molecule has 0 spiro atoms. The fourth-order valence-electron chi connectivity index (χ4n) is 2.46. The Morgan fingerprint density at radius 3 is 2.71 bits per heavy atom. The Labute approximate surface area is 167 Å². The van der Waals surface area contributed by atoms with E-state index in [1.54, 1.807) is 26.0 Å². The van der Waals surface area contributed by atoms with Gasteiger partial charge in [-0.15, -0.1) is 32.9 Å². The molecule has 0 amide bonds. The predicted molar refractivity (Wildman–Crippen MR) is 104 cm³/mol. The summed E-state index contributed by atoms with van der Waals surface area (Å²) in [5, 5.41) is 10.5. The van der Waals surface area contributed by atoms with Crippen LogP contribution < -0.4 is 0 Å². The van der Waals surface area contributed by atoms with Gasteiger partial charge in [0.05, 0.1) is 10.6 Å². The lowest BCUT2D eigenvalue weighted by atomic mass is 10.2. The van der Waals surface area contributed by atoms with Crippen molar-refractivity contribution in [2.75, 3.05) is 0 Å². The molecule has 28 heavy (non-hydrogen) atoms. The van der Waals surface area contributed by atoms with Gasteiger partial charge in [0.2, 0.25) is 0 Å². The van der Waals surface area contributed by atoms with Gasteiger partial charge in [-0.2, -0.15) is 0 Å². The summed E-state index contributed by atoms with van der Waals surface area (Å²) >= 11 is 2.68. The van der Waals surface area contributed by atoms with Gasteiger partial charge in [-0.05, 0) is 49.6 Å². The number of ether oxygens (including phenoxy) is 1. The van der Waals surface area contributed by atoms with Crippen LogP contribution in [0.4, 0.5) is 4.39 Å². The molecule has 3 heterocycles. The van der Waals surface area contributed by atoms with Gasteiger partial charge in [0.15, 0.2) is 6.10 Å². The largest absolute Gasteiger partial charge is 0.448 e. The second-order valence-corrected chi connectivity index (χ2v) is 7.86. The third-order valence-electron chi connectivity index (χ3n) is 3.88. The van der Waals surface area contributed by atoms with Crippen molar-refractivity contribution in [3.8, 4) is 21.3 Å². The molecule has 0 aliphatic rings. The number of halogens is 1. The van der Waals surface area contributed by atoms with Crippen LogP contribution in [0.1, 0.15) is 34.3 Å². The minimum absolute atomic E-state index is 0.220. The normalized spacial score (nSPS) is 12.1. The highest BCUT2D eigenvalue weighted by Crippen LogP contribution is 2.30. The van der Waals surface area contributed by atoms with Crippen LogP contribution in [0.3, 0.4) is 0 Å². The molecule has 0 fully saturated rings. The molecule has 6 nitrogen and oxygen atoms in total. The van der Waals surface area contributed by atoms with Crippen LogP contribution in [-0.4, -0.2) is 21.2 Å². The first kappa shape index (κ1) is 18.5. The first-order chi connectivity index (χ1) is 13.5. The van der Waals surface area contributed by atoms with E-state index in [4.69, 9.17) is 9.15 Å². The first-order valence-corrected chi connectivity index (χ1v) is 10.0. The number of hydrogen-bond acceptors (Lipinski definition) is 8. The van der Waals surface area contributed by atoms with Gasteiger partial charge in [0.25, 0.3) is 11.8 Å². The average molecular weight is 415 g/mol. The first-order valence-electron chi connectivity index (χ1n) is 8.33. The van der Waals surface area contributed by atoms with E-state index in [0.717, 1.165) is 10.4 Å². The van der Waals surface area contributed by atoms with Gasteiger partial charge in [-0.3, -0.25) is 0 Å². The summed E-state index contributed by atoms with van der Waals surface area (Å²) in [7, 11) is 0. The summed E-state index contributed by atoms with van der Waals surface area (Å²) in [5.74, 6) is -0.239. The molecule has 4 rings (SSSR count). The van der Waals surface area contributed by atoms with Gasteiger partial charge in [0, 0.05) is 5.56 Å². The van der Waals surface area contributed by atoms with Crippen LogP contribution in [0, 0.1) is 12.7 Å². The van der Waals surface area contributed by atoms with Crippen molar-refractivity contribution in [1.82, 2.24) is 15.2 Å². The van der Waals surface area contributed by atoms with E-state index in [1.807, 2.05) is 17.5 Å². The van der Waals surface area contributed by atoms with Crippen molar-refractivity contribution in [3.63, 3.8) is 0 Å². The summed E-state index contributed by atoms with van der Waals surface area (Å²) in [6.45, 7) is 3.40. The third kappa shape index (κ3) is 3.71. The Hall–Kier alpha value is -2.91. The number of aryl methyl sites for hydroxylation is 1. The molecule has 1 aromatic carbocycles. The molecule has 0 bridgehead atoms. The number of esters is 1. The Bertz CT molecular complexity index is 1100. The zero-order chi connectivity index (χ0) is 19.7. The highest BCUT2D eigenvalue weighted by atomic mass is 32.1. The molecule has 0 aliphatic heterocycles. The summed E-state index contributed by atoms with van der Waals surface area (Å²) in [4.78, 5) is 18.2. The SMILES string of the molecule is Cc1nc(-c2ccc(F)cc2)sc1C(=O)OC(C)c1nnc(-c2cccs2)o1. The molecule has 4 aromatic rings. The van der Waals surface area contributed by atoms with Crippen molar-refractivity contribution in [2.24, 2.45) is 0 Å². The standard InChI is InChI=1S/C19H14FN3O3S2/c1-10-15(28-18(21-10)12-5-7-13(20)8-6-12)19(24)25-11(2)16-22-23-17(26-16)14-4-3-9-27-14/h3-9,11H,1-2H3. The number of carbonyl (C=O) groups is 1. The average Bonchev–Trinajstić information content (AvgIpc) is 3.42. The highest BCUT2D eigenvalue weighted by molar-refractivity contribution is 7.17. The molecule has 0 radical (unpaired) electrons. The fraction of sp³-hybridized carbons (Fsp3) is 0.158. The van der Waals surface area contributed by atoms with Gasteiger partial charge in [-0.1, -0.05) is 6.07 Å². The number of thiophene rings is 1. The van der Waals surface area contributed by atoms with Gasteiger partial charge >= 0.3 is 5.97 Å². The number of thiazole rings is 1. The molecular weight excluding hydrogens is 401 g/mol. The van der Waals surface area contributed by atoms with Crippen LogP contribution in [-0.2, 0) is 4.74 Å². The second kappa shape index (κ2) is 7.61. The Kier molecular flexibility index (Phi) is 5.01. The summed E-state index contributed by atoms with van der Waals surface area (Å²) < 4.78 is 24.2. The maximum atomic E-state index is 13.1. The quantitative estimate of drug-likeness (QED) is 0.412. The zero-order valence-corrected chi connectivity index (χ0v) is 16.5. The summed E-state index contributed by atoms with van der Waals surface area (Å²) in [6, 6.07) is 9.71. The van der Waals surface area contributed by atoms with Crippen LogP contribution in [0.25, 0.3) is 21.3 Å². The summed E-state index contributed by atoms with van der Waals surface area (Å²) in [6.07, 6.45) is -0.704. The fourth-order valence-corrected chi connectivity index (χ4v) is 4.06. The topological polar surface area (TPSA) is 78.1 Å². The van der Waals surface area contributed by atoms with Gasteiger partial charge in [0.1, 0.15) is 15.7 Å². The van der Waals surface area contributed by atoms with E-state index in [1.165, 1.54) is 34.8 Å². The number of carbonyl (C=O) groups excluding carboxylic acids is 1. The molecular formula is C19H14FN3O3S2. The molecule has 142 valence electrons. The lowest BCUT2D eigenvalue weighted by Crippen LogP contribution is -2.09. The number of benzene rings is 1. The van der Waals surface area contributed by atoms with Crippen LogP contribution >= 0.6 is 22.7 Å². The minimum atomic E-state index is -0.704. The molecule has 0 N–H and O–H groups in total. The number of nitrogens with zero attached hydrogens (tertiary/aromatic N) is 3. The second-order valence-electron chi connectivity index (χ2n) is 5.91. The van der Waals surface area contributed by atoms with Crippen molar-refractivity contribution in [1.29, 1.82) is 0 Å². The Balaban J connectivity index is 1.50. The van der Waals surface area contributed by atoms with Crippen molar-refractivity contribution >= 4 is 28.6 Å². The van der Waals surface area contributed by atoms with E-state index in [9.17, 15) is 9.18 Å². The molecule has 0 saturated heterocycles. The van der Waals surface area contributed by atoms with E-state index in [0.29, 0.717) is 21.5 Å². The Morgan fingerprint density at radius 2 is 2.00 bits per heavy atom. The van der Waals surface area contributed by atoms with E-state index >= 15 is 0 Å².